The third kappa shape index (κ3) is 5.96. The molecule has 1 rings (SSSR count). The summed E-state index contributed by atoms with van der Waals surface area (Å²) in [5, 5.41) is 9.19. The predicted molar refractivity (Wildman–Crippen MR) is 73.2 cm³/mol. The van der Waals surface area contributed by atoms with Crippen molar-refractivity contribution in [2.45, 2.75) is 6.42 Å². The second-order valence-electron chi connectivity index (χ2n) is 2.12. The van der Waals surface area contributed by atoms with E-state index in [0.29, 0.717) is 5.75 Å². The molecule has 0 saturated carbocycles. The van der Waals surface area contributed by atoms with E-state index in [4.69, 9.17) is 0 Å². The molecule has 0 saturated heterocycles. The van der Waals surface area contributed by atoms with Gasteiger partial charge in [0.2, 0.25) is 0 Å². The van der Waals surface area contributed by atoms with Crippen LogP contribution < -0.4 is 0 Å². The number of hydrogen-bond donors (Lipinski definition) is 1. The molecular weight excluding hydrogens is 220 g/mol. The molecule has 0 amide bonds. The zero-order valence-corrected chi connectivity index (χ0v) is 10.2. The van der Waals surface area contributed by atoms with Crippen molar-refractivity contribution in [3.05, 3.63) is 42.5 Å². The molecule has 1 N–H and O–H groups in total. The van der Waals surface area contributed by atoms with Gasteiger partial charge in [0.05, 0.1) is 0 Å². The molecule has 0 unspecified atom stereocenters. The fraction of sp³-hybridized carbons (Fsp3) is 0.111. The van der Waals surface area contributed by atoms with Crippen molar-refractivity contribution in [3.8, 4) is 5.75 Å². The molecule has 0 spiro atoms. The van der Waals surface area contributed by atoms with Crippen LogP contribution in [-0.4, -0.2) is 5.11 Å². The van der Waals surface area contributed by atoms with Crippen LogP contribution in [0.4, 0.5) is 0 Å². The van der Waals surface area contributed by atoms with Crippen molar-refractivity contribution in [1.29, 1.82) is 0 Å². The maximum absolute atomic E-state index is 9.19. The van der Waals surface area contributed by atoms with E-state index in [0.717, 1.165) is 12.0 Å². The first-order valence-electron chi connectivity index (χ1n) is 3.22. The SMILES string of the molecule is C=CCc1ccccc1O.S.S.S. The average molecular weight is 236 g/mol. The van der Waals surface area contributed by atoms with E-state index in [1.54, 1.807) is 12.1 Å². The van der Waals surface area contributed by atoms with Gasteiger partial charge in [-0.15, -0.1) is 6.58 Å². The zero-order valence-electron chi connectivity index (χ0n) is 7.25. The van der Waals surface area contributed by atoms with E-state index in [1.807, 2.05) is 18.2 Å². The minimum Gasteiger partial charge on any atom is -0.508 e. The van der Waals surface area contributed by atoms with E-state index >= 15 is 0 Å². The molecule has 0 bridgehead atoms. The average Bonchev–Trinajstić information content (AvgIpc) is 1.94. The van der Waals surface area contributed by atoms with Gasteiger partial charge in [-0.05, 0) is 18.1 Å². The molecule has 0 atom stereocenters. The lowest BCUT2D eigenvalue weighted by Gasteiger charge is -1.97. The lowest BCUT2D eigenvalue weighted by atomic mass is 10.1. The summed E-state index contributed by atoms with van der Waals surface area (Å²) in [7, 11) is 0. The van der Waals surface area contributed by atoms with Gasteiger partial charge in [0.15, 0.2) is 0 Å². The Morgan fingerprint density at radius 1 is 1.15 bits per heavy atom. The Bertz CT molecular complexity index is 238. The topological polar surface area (TPSA) is 20.2 Å². The molecular formula is C9H16OS3. The van der Waals surface area contributed by atoms with Crippen molar-refractivity contribution in [2.75, 3.05) is 0 Å². The highest BCUT2D eigenvalue weighted by molar-refractivity contribution is 7.59. The third-order valence-electron chi connectivity index (χ3n) is 1.36. The van der Waals surface area contributed by atoms with Gasteiger partial charge in [0.1, 0.15) is 5.75 Å². The van der Waals surface area contributed by atoms with Gasteiger partial charge in [-0.3, -0.25) is 0 Å². The number of hydrogen-bond acceptors (Lipinski definition) is 1. The van der Waals surface area contributed by atoms with Crippen molar-refractivity contribution in [3.63, 3.8) is 0 Å². The summed E-state index contributed by atoms with van der Waals surface area (Å²) in [4.78, 5) is 0. The minimum atomic E-state index is 0. The quantitative estimate of drug-likeness (QED) is 0.782. The Hall–Kier alpha value is -0.190. The summed E-state index contributed by atoms with van der Waals surface area (Å²) in [5.41, 5.74) is 0.928. The monoisotopic (exact) mass is 236 g/mol. The Morgan fingerprint density at radius 3 is 2.15 bits per heavy atom. The van der Waals surface area contributed by atoms with Crippen LogP contribution in [0.2, 0.25) is 0 Å². The second-order valence-corrected chi connectivity index (χ2v) is 2.12. The van der Waals surface area contributed by atoms with Crippen LogP contribution in [0.15, 0.2) is 36.9 Å². The van der Waals surface area contributed by atoms with E-state index in [1.165, 1.54) is 0 Å². The van der Waals surface area contributed by atoms with Gasteiger partial charge in [0.25, 0.3) is 0 Å². The van der Waals surface area contributed by atoms with Gasteiger partial charge >= 0.3 is 0 Å². The van der Waals surface area contributed by atoms with E-state index in [9.17, 15) is 5.11 Å². The normalized spacial score (nSPS) is 7.08. The zero-order chi connectivity index (χ0) is 7.40. The lowest BCUT2D eigenvalue weighted by molar-refractivity contribution is 0.470. The Balaban J connectivity index is -0.000000333. The summed E-state index contributed by atoms with van der Waals surface area (Å²) in [5.74, 6) is 0.349. The number of benzene rings is 1. The van der Waals surface area contributed by atoms with Crippen molar-refractivity contribution < 1.29 is 5.11 Å². The Kier molecular flexibility index (Phi) is 14.1. The summed E-state index contributed by atoms with van der Waals surface area (Å²) in [6, 6.07) is 7.27. The smallest absolute Gasteiger partial charge is 0.119 e. The lowest BCUT2D eigenvalue weighted by Crippen LogP contribution is -1.79. The molecule has 0 radical (unpaired) electrons. The van der Waals surface area contributed by atoms with Gasteiger partial charge < -0.3 is 5.11 Å². The molecule has 0 heterocycles. The van der Waals surface area contributed by atoms with Crippen LogP contribution in [0, 0.1) is 0 Å². The first-order valence-corrected chi connectivity index (χ1v) is 3.22. The molecule has 1 aromatic carbocycles. The highest BCUT2D eigenvalue weighted by Crippen LogP contribution is 2.15. The Morgan fingerprint density at radius 2 is 1.69 bits per heavy atom. The second kappa shape index (κ2) is 9.89. The Labute approximate surface area is 100 Å². The molecule has 0 aliphatic carbocycles. The van der Waals surface area contributed by atoms with Crippen LogP contribution in [0.3, 0.4) is 0 Å². The van der Waals surface area contributed by atoms with Crippen LogP contribution in [-0.2, 0) is 6.42 Å². The first-order chi connectivity index (χ1) is 4.84. The molecule has 0 aromatic heterocycles. The maximum atomic E-state index is 9.19. The molecule has 0 fully saturated rings. The van der Waals surface area contributed by atoms with Crippen LogP contribution in [0.1, 0.15) is 5.56 Å². The molecule has 1 aromatic rings. The molecule has 76 valence electrons. The van der Waals surface area contributed by atoms with Crippen LogP contribution in [0.5, 0.6) is 5.75 Å². The number of aromatic hydroxyl groups is 1. The van der Waals surface area contributed by atoms with Crippen molar-refractivity contribution >= 4 is 40.5 Å². The molecule has 0 aliphatic heterocycles. The number of phenolic OH excluding ortho intramolecular Hbond substituents is 1. The van der Waals surface area contributed by atoms with E-state index < -0.39 is 0 Å². The number of allylic oxidation sites excluding steroid dienone is 1. The largest absolute Gasteiger partial charge is 0.508 e. The molecule has 1 nitrogen and oxygen atoms in total. The predicted octanol–water partition coefficient (Wildman–Crippen LogP) is 2.46. The van der Waals surface area contributed by atoms with Crippen LogP contribution >= 0.6 is 40.5 Å². The highest BCUT2D eigenvalue weighted by atomic mass is 32.1. The summed E-state index contributed by atoms with van der Waals surface area (Å²) in [6.07, 6.45) is 2.50. The summed E-state index contributed by atoms with van der Waals surface area (Å²) in [6.45, 7) is 3.59. The fourth-order valence-corrected chi connectivity index (χ4v) is 0.839. The van der Waals surface area contributed by atoms with Gasteiger partial charge in [-0.1, -0.05) is 24.3 Å². The van der Waals surface area contributed by atoms with Gasteiger partial charge in [-0.2, -0.15) is 40.5 Å². The van der Waals surface area contributed by atoms with Crippen molar-refractivity contribution in [2.24, 2.45) is 0 Å². The maximum Gasteiger partial charge on any atom is 0.119 e. The molecule has 0 aliphatic rings. The van der Waals surface area contributed by atoms with Gasteiger partial charge in [-0.25, -0.2) is 0 Å². The number of phenols is 1. The molecule has 13 heavy (non-hydrogen) atoms. The standard InChI is InChI=1S/C9H10O.3H2S/c1-2-5-8-6-3-4-7-9(8)10;;;/h2-4,6-7,10H,1,5H2;3*1H2. The van der Waals surface area contributed by atoms with Crippen molar-refractivity contribution in [1.82, 2.24) is 0 Å². The van der Waals surface area contributed by atoms with E-state index in [2.05, 4.69) is 6.58 Å². The third-order valence-corrected chi connectivity index (χ3v) is 1.36. The number of para-hydroxylation sites is 1. The summed E-state index contributed by atoms with van der Waals surface area (Å²) >= 11 is 0. The van der Waals surface area contributed by atoms with Gasteiger partial charge in [0, 0.05) is 0 Å². The summed E-state index contributed by atoms with van der Waals surface area (Å²) < 4.78 is 0. The molecule has 4 heteroatoms. The first kappa shape index (κ1) is 18.6. The minimum absolute atomic E-state index is 0. The number of rotatable bonds is 2. The van der Waals surface area contributed by atoms with Crippen LogP contribution in [0.25, 0.3) is 0 Å². The fourth-order valence-electron chi connectivity index (χ4n) is 0.839. The highest BCUT2D eigenvalue weighted by Gasteiger charge is 1.93. The van der Waals surface area contributed by atoms with E-state index in [-0.39, 0.29) is 40.5 Å².